The number of quaternary nitrogens is 1. The van der Waals surface area contributed by atoms with Crippen LogP contribution in [0.5, 0.6) is 5.75 Å². The Kier molecular flexibility index (Phi) is 4.06. The van der Waals surface area contributed by atoms with Gasteiger partial charge in [0.2, 0.25) is 0 Å². The minimum absolute atomic E-state index is 0.106. The molecule has 0 aliphatic carbocycles. The van der Waals surface area contributed by atoms with Gasteiger partial charge < -0.3 is 14.9 Å². The second-order valence-corrected chi connectivity index (χ2v) is 5.52. The van der Waals surface area contributed by atoms with Gasteiger partial charge in [-0.2, -0.15) is 0 Å². The number of nitrogens with one attached hydrogen (secondary N) is 1. The maximum Gasteiger partial charge on any atom is 0.132 e. The molecular formula is C17H20FN2O+. The first-order chi connectivity index (χ1) is 10.2. The number of rotatable bonds is 3. The van der Waals surface area contributed by atoms with Gasteiger partial charge in [0, 0.05) is 11.3 Å². The predicted octanol–water partition coefficient (Wildman–Crippen LogP) is 1.44. The zero-order valence-corrected chi connectivity index (χ0v) is 11.9. The van der Waals surface area contributed by atoms with Crippen molar-refractivity contribution in [1.82, 2.24) is 0 Å². The summed E-state index contributed by atoms with van der Waals surface area (Å²) in [5, 5.41) is 9.33. The van der Waals surface area contributed by atoms with Crippen LogP contribution in [-0.4, -0.2) is 31.3 Å². The molecule has 0 amide bonds. The van der Waals surface area contributed by atoms with E-state index in [-0.39, 0.29) is 5.82 Å². The minimum atomic E-state index is -0.106. The van der Waals surface area contributed by atoms with Crippen molar-refractivity contribution in [1.29, 1.82) is 0 Å². The zero-order chi connectivity index (χ0) is 14.7. The first kappa shape index (κ1) is 13.9. The topological polar surface area (TPSA) is 27.9 Å². The fourth-order valence-corrected chi connectivity index (χ4v) is 2.83. The standard InChI is InChI=1S/C17H19FN2O/c18-17-4-2-1-3-14(17)13-19-9-11-20(12-10-19)15-5-7-16(21)8-6-15/h1-8,21H,9-13H2/p+1. The molecule has 0 spiro atoms. The van der Waals surface area contributed by atoms with Crippen LogP contribution in [0.15, 0.2) is 48.5 Å². The van der Waals surface area contributed by atoms with Crippen LogP contribution in [0.4, 0.5) is 10.1 Å². The van der Waals surface area contributed by atoms with Crippen molar-refractivity contribution >= 4 is 5.69 Å². The molecule has 2 N–H and O–H groups in total. The number of piperazine rings is 1. The smallest absolute Gasteiger partial charge is 0.132 e. The molecule has 0 aromatic heterocycles. The van der Waals surface area contributed by atoms with Gasteiger partial charge in [0.05, 0.1) is 26.2 Å². The highest BCUT2D eigenvalue weighted by molar-refractivity contribution is 5.48. The Morgan fingerprint density at radius 3 is 2.33 bits per heavy atom. The van der Waals surface area contributed by atoms with E-state index in [4.69, 9.17) is 0 Å². The highest BCUT2D eigenvalue weighted by atomic mass is 19.1. The molecule has 1 aliphatic rings. The van der Waals surface area contributed by atoms with E-state index in [9.17, 15) is 9.50 Å². The number of anilines is 1. The third kappa shape index (κ3) is 3.34. The van der Waals surface area contributed by atoms with E-state index < -0.39 is 0 Å². The zero-order valence-electron chi connectivity index (χ0n) is 11.9. The third-order valence-electron chi connectivity index (χ3n) is 4.08. The van der Waals surface area contributed by atoms with Crippen LogP contribution in [-0.2, 0) is 6.54 Å². The lowest BCUT2D eigenvalue weighted by molar-refractivity contribution is -0.914. The maximum atomic E-state index is 13.7. The molecule has 3 rings (SSSR count). The highest BCUT2D eigenvalue weighted by Gasteiger charge is 2.21. The monoisotopic (exact) mass is 287 g/mol. The Labute approximate surface area is 124 Å². The molecule has 1 fully saturated rings. The lowest BCUT2D eigenvalue weighted by atomic mass is 10.1. The number of hydrogen-bond donors (Lipinski definition) is 2. The molecule has 1 saturated heterocycles. The van der Waals surface area contributed by atoms with Crippen LogP contribution in [0, 0.1) is 5.82 Å². The fraction of sp³-hybridized carbons (Fsp3) is 0.294. The number of phenols is 1. The molecule has 0 atom stereocenters. The lowest BCUT2D eigenvalue weighted by Gasteiger charge is -2.33. The van der Waals surface area contributed by atoms with E-state index >= 15 is 0 Å². The second-order valence-electron chi connectivity index (χ2n) is 5.52. The minimum Gasteiger partial charge on any atom is -0.508 e. The van der Waals surface area contributed by atoms with Crippen LogP contribution >= 0.6 is 0 Å². The van der Waals surface area contributed by atoms with Crippen molar-refractivity contribution in [3.63, 3.8) is 0 Å². The Morgan fingerprint density at radius 2 is 1.67 bits per heavy atom. The van der Waals surface area contributed by atoms with Crippen molar-refractivity contribution in [2.45, 2.75) is 6.54 Å². The number of halogens is 1. The van der Waals surface area contributed by atoms with Crippen LogP contribution < -0.4 is 9.80 Å². The Morgan fingerprint density at radius 1 is 1.00 bits per heavy atom. The van der Waals surface area contributed by atoms with Gasteiger partial charge in [0.15, 0.2) is 0 Å². The first-order valence-electron chi connectivity index (χ1n) is 7.33. The molecule has 2 aromatic rings. The van der Waals surface area contributed by atoms with Crippen molar-refractivity contribution < 1.29 is 14.4 Å². The van der Waals surface area contributed by atoms with Crippen LogP contribution in [0.3, 0.4) is 0 Å². The van der Waals surface area contributed by atoms with E-state index in [1.165, 1.54) is 11.0 Å². The van der Waals surface area contributed by atoms with Gasteiger partial charge in [0.1, 0.15) is 18.1 Å². The number of aromatic hydroxyl groups is 1. The molecule has 1 heterocycles. The Balaban J connectivity index is 1.58. The van der Waals surface area contributed by atoms with Crippen LogP contribution in [0.2, 0.25) is 0 Å². The van der Waals surface area contributed by atoms with Crippen molar-refractivity contribution in [2.75, 3.05) is 31.1 Å². The largest absolute Gasteiger partial charge is 0.508 e. The normalized spacial score (nSPS) is 16.1. The average molecular weight is 287 g/mol. The third-order valence-corrected chi connectivity index (χ3v) is 4.08. The molecule has 0 bridgehead atoms. The van der Waals surface area contributed by atoms with Gasteiger partial charge in [0.25, 0.3) is 0 Å². The van der Waals surface area contributed by atoms with E-state index in [2.05, 4.69) is 4.90 Å². The van der Waals surface area contributed by atoms with Crippen molar-refractivity contribution in [3.8, 4) is 5.75 Å². The summed E-state index contributed by atoms with van der Waals surface area (Å²) in [7, 11) is 0. The Hall–Kier alpha value is -2.07. The van der Waals surface area contributed by atoms with Crippen molar-refractivity contribution in [3.05, 3.63) is 59.9 Å². The van der Waals surface area contributed by atoms with E-state index in [0.29, 0.717) is 5.75 Å². The Bertz CT molecular complexity index is 592. The summed E-state index contributed by atoms with van der Waals surface area (Å²) in [6.45, 7) is 4.64. The molecular weight excluding hydrogens is 267 g/mol. The van der Waals surface area contributed by atoms with Crippen molar-refractivity contribution in [2.24, 2.45) is 0 Å². The molecule has 3 nitrogen and oxygen atoms in total. The van der Waals surface area contributed by atoms with E-state index in [0.717, 1.165) is 44.0 Å². The van der Waals surface area contributed by atoms with E-state index in [1.54, 1.807) is 18.2 Å². The predicted molar refractivity (Wildman–Crippen MR) is 81.1 cm³/mol. The first-order valence-corrected chi connectivity index (χ1v) is 7.33. The van der Waals surface area contributed by atoms with Gasteiger partial charge in [-0.15, -0.1) is 0 Å². The molecule has 4 heteroatoms. The molecule has 2 aromatic carbocycles. The number of hydrogen-bond acceptors (Lipinski definition) is 2. The summed E-state index contributed by atoms with van der Waals surface area (Å²) in [6, 6.07) is 14.3. The summed E-state index contributed by atoms with van der Waals surface area (Å²) < 4.78 is 13.7. The summed E-state index contributed by atoms with van der Waals surface area (Å²) in [5.74, 6) is 0.188. The summed E-state index contributed by atoms with van der Waals surface area (Å²) in [6.07, 6.45) is 0. The van der Waals surface area contributed by atoms with E-state index in [1.807, 2.05) is 24.3 Å². The molecule has 0 radical (unpaired) electrons. The summed E-state index contributed by atoms with van der Waals surface area (Å²) >= 11 is 0. The number of nitrogens with zero attached hydrogens (tertiary/aromatic N) is 1. The van der Waals surface area contributed by atoms with Gasteiger partial charge in [-0.25, -0.2) is 4.39 Å². The molecule has 110 valence electrons. The molecule has 21 heavy (non-hydrogen) atoms. The lowest BCUT2D eigenvalue weighted by Crippen LogP contribution is -3.13. The fourth-order valence-electron chi connectivity index (χ4n) is 2.83. The van der Waals surface area contributed by atoms with Gasteiger partial charge in [-0.3, -0.25) is 0 Å². The average Bonchev–Trinajstić information content (AvgIpc) is 2.51. The molecule has 0 saturated carbocycles. The molecule has 0 unspecified atom stereocenters. The molecule has 1 aliphatic heterocycles. The number of phenolic OH excluding ortho intramolecular Hbond substituents is 1. The summed E-state index contributed by atoms with van der Waals surface area (Å²) in [5.41, 5.74) is 1.93. The van der Waals surface area contributed by atoms with Crippen LogP contribution in [0.25, 0.3) is 0 Å². The quantitative estimate of drug-likeness (QED) is 0.894. The summed E-state index contributed by atoms with van der Waals surface area (Å²) in [4.78, 5) is 3.72. The van der Waals surface area contributed by atoms with Crippen LogP contribution in [0.1, 0.15) is 5.56 Å². The van der Waals surface area contributed by atoms with Gasteiger partial charge in [-0.1, -0.05) is 18.2 Å². The van der Waals surface area contributed by atoms with Gasteiger partial charge in [-0.05, 0) is 30.3 Å². The van der Waals surface area contributed by atoms with Gasteiger partial charge >= 0.3 is 0 Å². The SMILES string of the molecule is Oc1ccc(N2CC[NH+](Cc3ccccc3F)CC2)cc1. The number of benzene rings is 2. The second kappa shape index (κ2) is 6.14. The maximum absolute atomic E-state index is 13.7. The highest BCUT2D eigenvalue weighted by Crippen LogP contribution is 2.18.